The van der Waals surface area contributed by atoms with Crippen LogP contribution >= 0.6 is 0 Å². The van der Waals surface area contributed by atoms with Crippen molar-refractivity contribution in [2.45, 2.75) is 47.0 Å². The van der Waals surface area contributed by atoms with Gasteiger partial charge in [-0.15, -0.1) is 0 Å². The molecular formula is C22H32O3. The van der Waals surface area contributed by atoms with E-state index in [1.54, 1.807) is 6.08 Å². The van der Waals surface area contributed by atoms with Gasteiger partial charge in [0.05, 0.1) is 0 Å². The fourth-order valence-electron chi connectivity index (χ4n) is 3.06. The van der Waals surface area contributed by atoms with Crippen LogP contribution in [0.25, 0.3) is 0 Å². The van der Waals surface area contributed by atoms with E-state index in [-0.39, 0.29) is 6.47 Å². The molecule has 0 spiro atoms. The summed E-state index contributed by atoms with van der Waals surface area (Å²) in [5.41, 5.74) is 4.46. The number of ether oxygens (including phenoxy) is 1. The van der Waals surface area contributed by atoms with Gasteiger partial charge in [-0.2, -0.15) is 0 Å². The molecule has 3 heteroatoms. The van der Waals surface area contributed by atoms with Crippen molar-refractivity contribution in [1.29, 1.82) is 0 Å². The van der Waals surface area contributed by atoms with E-state index in [0.717, 1.165) is 25.0 Å². The molecule has 1 unspecified atom stereocenters. The van der Waals surface area contributed by atoms with Crippen LogP contribution in [0.2, 0.25) is 0 Å². The van der Waals surface area contributed by atoms with Crippen molar-refractivity contribution in [1.82, 2.24) is 0 Å². The summed E-state index contributed by atoms with van der Waals surface area (Å²) in [4.78, 5) is 8.36. The van der Waals surface area contributed by atoms with E-state index in [1.807, 2.05) is 0 Å². The molecule has 0 fully saturated rings. The lowest BCUT2D eigenvalue weighted by atomic mass is 9.77. The van der Waals surface area contributed by atoms with E-state index in [2.05, 4.69) is 58.6 Å². The van der Waals surface area contributed by atoms with Crippen molar-refractivity contribution in [3.05, 3.63) is 59.4 Å². The average Bonchev–Trinajstić information content (AvgIpc) is 2.60. The molecule has 25 heavy (non-hydrogen) atoms. The molecule has 0 saturated carbocycles. The molecule has 0 aromatic carbocycles. The summed E-state index contributed by atoms with van der Waals surface area (Å²) < 4.78 is 5.73. The van der Waals surface area contributed by atoms with Crippen LogP contribution in [0, 0.1) is 17.8 Å². The molecule has 0 aromatic heterocycles. The molecule has 2 aliphatic rings. The number of hydrogen-bond donors (Lipinski definition) is 1. The minimum Gasteiger partial charge on any atom is -0.490 e. The van der Waals surface area contributed by atoms with Gasteiger partial charge in [0.15, 0.2) is 0 Å². The lowest BCUT2D eigenvalue weighted by Gasteiger charge is -2.28. The first-order valence-electron chi connectivity index (χ1n) is 9.07. The van der Waals surface area contributed by atoms with Crippen LogP contribution < -0.4 is 0 Å². The van der Waals surface area contributed by atoms with Crippen molar-refractivity contribution in [2.75, 3.05) is 6.61 Å². The quantitative estimate of drug-likeness (QED) is 0.498. The van der Waals surface area contributed by atoms with Gasteiger partial charge in [-0.05, 0) is 65.9 Å². The minimum atomic E-state index is -0.250. The van der Waals surface area contributed by atoms with E-state index < -0.39 is 0 Å². The maximum Gasteiger partial charge on any atom is 0.290 e. The maximum absolute atomic E-state index is 8.36. The third-order valence-corrected chi connectivity index (χ3v) is 4.58. The van der Waals surface area contributed by atoms with Crippen molar-refractivity contribution < 1.29 is 14.6 Å². The highest BCUT2D eigenvalue weighted by Gasteiger charge is 2.22. The summed E-state index contributed by atoms with van der Waals surface area (Å²) in [6, 6.07) is 0. The van der Waals surface area contributed by atoms with Gasteiger partial charge >= 0.3 is 0 Å². The smallest absolute Gasteiger partial charge is 0.290 e. The first-order valence-corrected chi connectivity index (χ1v) is 9.07. The highest BCUT2D eigenvalue weighted by atomic mass is 16.5. The molecule has 0 aromatic rings. The Morgan fingerprint density at radius 3 is 2.52 bits per heavy atom. The standard InChI is InChI=1S/C21H30O.CH2O2/c1-6-10-22-21-9-7-8-17(14-21)20-12-18(15(2)3)11-19(13-20)16(4)5;2-1-3/h6,9,11-12,14-16,19H,1,7-8,10,13H2,2-5H3;1H,(H,2,3). The van der Waals surface area contributed by atoms with E-state index in [9.17, 15) is 0 Å². The average molecular weight is 344 g/mol. The first-order chi connectivity index (χ1) is 11.9. The van der Waals surface area contributed by atoms with E-state index in [0.29, 0.717) is 24.4 Å². The monoisotopic (exact) mass is 344 g/mol. The Balaban J connectivity index is 0.000000970. The van der Waals surface area contributed by atoms with Crippen molar-refractivity contribution in [3.63, 3.8) is 0 Å². The lowest BCUT2D eigenvalue weighted by molar-refractivity contribution is -0.122. The van der Waals surface area contributed by atoms with Gasteiger partial charge in [-0.3, -0.25) is 4.79 Å². The molecule has 3 nitrogen and oxygen atoms in total. The van der Waals surface area contributed by atoms with E-state index in [4.69, 9.17) is 14.6 Å². The van der Waals surface area contributed by atoms with E-state index in [1.165, 1.54) is 16.7 Å². The summed E-state index contributed by atoms with van der Waals surface area (Å²) in [6.07, 6.45) is 14.5. The Morgan fingerprint density at radius 1 is 1.28 bits per heavy atom. The summed E-state index contributed by atoms with van der Waals surface area (Å²) in [7, 11) is 0. The molecule has 2 aliphatic carbocycles. The SMILES string of the molecule is C=CCOC1=CCCC(C2=CC(C(C)C)=CC(C(C)C)C2)=C1.O=CO. The summed E-state index contributed by atoms with van der Waals surface area (Å²) >= 11 is 0. The number of carbonyl (C=O) groups is 1. The van der Waals surface area contributed by atoms with Gasteiger partial charge in [0.25, 0.3) is 6.47 Å². The molecule has 0 bridgehead atoms. The molecule has 2 rings (SSSR count). The minimum absolute atomic E-state index is 0.250. The molecular weight excluding hydrogens is 312 g/mol. The topological polar surface area (TPSA) is 46.5 Å². The Kier molecular flexibility index (Phi) is 9.04. The summed E-state index contributed by atoms with van der Waals surface area (Å²) in [6.45, 7) is 13.3. The van der Waals surface area contributed by atoms with Crippen molar-refractivity contribution in [3.8, 4) is 0 Å². The van der Waals surface area contributed by atoms with Crippen LogP contribution in [0.5, 0.6) is 0 Å². The fraction of sp³-hybridized carbons (Fsp3) is 0.500. The van der Waals surface area contributed by atoms with Crippen LogP contribution in [0.4, 0.5) is 0 Å². The van der Waals surface area contributed by atoms with Gasteiger partial charge in [0.1, 0.15) is 12.4 Å². The predicted molar refractivity (Wildman–Crippen MR) is 104 cm³/mol. The number of rotatable bonds is 6. The molecule has 0 amide bonds. The fourth-order valence-corrected chi connectivity index (χ4v) is 3.06. The predicted octanol–water partition coefficient (Wildman–Crippen LogP) is 5.68. The van der Waals surface area contributed by atoms with Crippen LogP contribution in [-0.2, 0) is 9.53 Å². The third kappa shape index (κ3) is 6.77. The second kappa shape index (κ2) is 10.8. The molecule has 138 valence electrons. The second-order valence-electron chi connectivity index (χ2n) is 7.12. The second-order valence-corrected chi connectivity index (χ2v) is 7.12. The zero-order valence-electron chi connectivity index (χ0n) is 16.0. The maximum atomic E-state index is 8.36. The van der Waals surface area contributed by atoms with Crippen LogP contribution in [-0.4, -0.2) is 18.2 Å². The van der Waals surface area contributed by atoms with Gasteiger partial charge in [-0.1, -0.05) is 52.5 Å². The molecule has 1 atom stereocenters. The molecule has 0 radical (unpaired) electrons. The zero-order valence-corrected chi connectivity index (χ0v) is 16.0. The normalized spacial score (nSPS) is 19.8. The Hall–Kier alpha value is -2.03. The number of carboxylic acid groups (broad SMARTS) is 1. The largest absolute Gasteiger partial charge is 0.490 e. The van der Waals surface area contributed by atoms with Crippen LogP contribution in [0.3, 0.4) is 0 Å². The summed E-state index contributed by atoms with van der Waals surface area (Å²) in [5, 5.41) is 6.89. The van der Waals surface area contributed by atoms with Crippen molar-refractivity contribution in [2.24, 2.45) is 17.8 Å². The van der Waals surface area contributed by atoms with Crippen molar-refractivity contribution >= 4 is 6.47 Å². The van der Waals surface area contributed by atoms with Crippen LogP contribution in [0.15, 0.2) is 59.4 Å². The first kappa shape index (κ1) is 21.0. The molecule has 1 N–H and O–H groups in total. The Bertz CT molecular complexity index is 574. The number of hydrogen-bond acceptors (Lipinski definition) is 2. The zero-order chi connectivity index (χ0) is 18.8. The highest BCUT2D eigenvalue weighted by Crippen LogP contribution is 2.37. The van der Waals surface area contributed by atoms with Gasteiger partial charge in [-0.25, -0.2) is 0 Å². The highest BCUT2D eigenvalue weighted by molar-refractivity contribution is 5.45. The molecule has 0 saturated heterocycles. The molecule has 0 heterocycles. The molecule has 0 aliphatic heterocycles. The third-order valence-electron chi connectivity index (χ3n) is 4.58. The van der Waals surface area contributed by atoms with Gasteiger partial charge in [0, 0.05) is 0 Å². The Labute approximate surface area is 152 Å². The summed E-state index contributed by atoms with van der Waals surface area (Å²) in [5.74, 6) is 2.94. The van der Waals surface area contributed by atoms with Crippen LogP contribution in [0.1, 0.15) is 47.0 Å². The van der Waals surface area contributed by atoms with Gasteiger partial charge in [0.2, 0.25) is 0 Å². The van der Waals surface area contributed by atoms with Gasteiger partial charge < -0.3 is 9.84 Å². The lowest BCUT2D eigenvalue weighted by Crippen LogP contribution is -2.14. The number of allylic oxidation sites excluding steroid dienone is 7. The Morgan fingerprint density at radius 2 is 1.96 bits per heavy atom. The van der Waals surface area contributed by atoms with E-state index >= 15 is 0 Å².